The molecule has 4 nitrogen and oxygen atoms in total. The largest absolute Gasteiger partial charge is 0.490 e. The third-order valence-corrected chi connectivity index (χ3v) is 4.95. The maximum atomic E-state index is 13.5. The van der Waals surface area contributed by atoms with Gasteiger partial charge >= 0.3 is 0 Å². The van der Waals surface area contributed by atoms with Crippen LogP contribution < -0.4 is 14.8 Å². The van der Waals surface area contributed by atoms with Crippen molar-refractivity contribution in [2.45, 2.75) is 26.3 Å². The Morgan fingerprint density at radius 2 is 1.85 bits per heavy atom. The molecule has 1 atom stereocenters. The SMILES string of the molecule is CC(C)[C@@H](NC(=O)c1cc(F)ccc1Br)c1ccc2c(c1)OCCCO2. The topological polar surface area (TPSA) is 47.6 Å². The van der Waals surface area contributed by atoms with Crippen LogP contribution in [0.4, 0.5) is 4.39 Å². The van der Waals surface area contributed by atoms with Crippen molar-refractivity contribution >= 4 is 21.8 Å². The Labute approximate surface area is 160 Å². The molecule has 0 unspecified atom stereocenters. The molecule has 0 spiro atoms. The molecular formula is C20H21BrFNO3. The van der Waals surface area contributed by atoms with Crippen molar-refractivity contribution in [2.75, 3.05) is 13.2 Å². The van der Waals surface area contributed by atoms with Crippen LogP contribution in [0.2, 0.25) is 0 Å². The lowest BCUT2D eigenvalue weighted by atomic mass is 9.95. The number of benzene rings is 2. The minimum absolute atomic E-state index is 0.135. The molecule has 1 aliphatic rings. The number of hydrogen-bond donors (Lipinski definition) is 1. The molecule has 1 heterocycles. The number of rotatable bonds is 4. The molecule has 3 rings (SSSR count). The van der Waals surface area contributed by atoms with Crippen LogP contribution in [0.25, 0.3) is 0 Å². The maximum absolute atomic E-state index is 13.5. The zero-order valence-electron chi connectivity index (χ0n) is 14.7. The van der Waals surface area contributed by atoms with Gasteiger partial charge in [0.1, 0.15) is 5.82 Å². The Kier molecular flexibility index (Phi) is 5.81. The lowest BCUT2D eigenvalue weighted by Gasteiger charge is -2.24. The summed E-state index contributed by atoms with van der Waals surface area (Å²) in [6.45, 7) is 5.28. The van der Waals surface area contributed by atoms with E-state index < -0.39 is 5.82 Å². The van der Waals surface area contributed by atoms with Gasteiger partial charge in [0.15, 0.2) is 11.5 Å². The maximum Gasteiger partial charge on any atom is 0.253 e. The van der Waals surface area contributed by atoms with Crippen molar-refractivity contribution in [2.24, 2.45) is 5.92 Å². The summed E-state index contributed by atoms with van der Waals surface area (Å²) < 4.78 is 25.5. The second kappa shape index (κ2) is 8.08. The standard InChI is InChI=1S/C20H21BrFNO3/c1-12(2)19(23-20(24)15-11-14(22)5-6-16(15)21)13-4-7-17-18(10-13)26-9-3-8-25-17/h4-7,10-12,19H,3,8-9H2,1-2H3,(H,23,24)/t19-/m1/s1. The third kappa shape index (κ3) is 4.18. The van der Waals surface area contributed by atoms with Crippen molar-refractivity contribution in [3.05, 3.63) is 57.8 Å². The van der Waals surface area contributed by atoms with Crippen molar-refractivity contribution in [3.8, 4) is 11.5 Å². The average molecular weight is 422 g/mol. The minimum atomic E-state index is -0.449. The van der Waals surface area contributed by atoms with Gasteiger partial charge in [-0.3, -0.25) is 4.79 Å². The number of fused-ring (bicyclic) bond motifs is 1. The van der Waals surface area contributed by atoms with E-state index in [1.165, 1.54) is 18.2 Å². The van der Waals surface area contributed by atoms with Gasteiger partial charge in [0, 0.05) is 10.9 Å². The number of carbonyl (C=O) groups is 1. The molecule has 0 aliphatic carbocycles. The highest BCUT2D eigenvalue weighted by atomic mass is 79.9. The number of amides is 1. The van der Waals surface area contributed by atoms with Crippen LogP contribution in [0.3, 0.4) is 0 Å². The highest BCUT2D eigenvalue weighted by molar-refractivity contribution is 9.10. The molecule has 0 radical (unpaired) electrons. The molecular weight excluding hydrogens is 401 g/mol. The molecule has 1 amide bonds. The summed E-state index contributed by atoms with van der Waals surface area (Å²) >= 11 is 3.31. The zero-order chi connectivity index (χ0) is 18.7. The van der Waals surface area contributed by atoms with Gasteiger partial charge in [0.2, 0.25) is 0 Å². The van der Waals surface area contributed by atoms with E-state index in [1.807, 2.05) is 32.0 Å². The summed E-state index contributed by atoms with van der Waals surface area (Å²) in [4.78, 5) is 12.7. The molecule has 0 aromatic heterocycles. The summed E-state index contributed by atoms with van der Waals surface area (Å²) in [5.74, 6) is 0.757. The first-order valence-electron chi connectivity index (χ1n) is 8.61. The Morgan fingerprint density at radius 1 is 1.12 bits per heavy atom. The van der Waals surface area contributed by atoms with Gasteiger partial charge in [-0.2, -0.15) is 0 Å². The van der Waals surface area contributed by atoms with Gasteiger partial charge < -0.3 is 14.8 Å². The predicted molar refractivity (Wildman–Crippen MR) is 101 cm³/mol. The molecule has 2 aromatic carbocycles. The van der Waals surface area contributed by atoms with E-state index in [4.69, 9.17) is 9.47 Å². The fraction of sp³-hybridized carbons (Fsp3) is 0.350. The van der Waals surface area contributed by atoms with Crippen LogP contribution in [-0.4, -0.2) is 19.1 Å². The molecule has 0 saturated carbocycles. The van der Waals surface area contributed by atoms with Crippen LogP contribution in [0, 0.1) is 11.7 Å². The molecule has 6 heteroatoms. The molecule has 0 saturated heterocycles. The number of ether oxygens (including phenoxy) is 2. The monoisotopic (exact) mass is 421 g/mol. The lowest BCUT2D eigenvalue weighted by Crippen LogP contribution is -2.32. The lowest BCUT2D eigenvalue weighted by molar-refractivity contribution is 0.0924. The molecule has 0 bridgehead atoms. The fourth-order valence-electron chi connectivity index (χ4n) is 2.90. The van der Waals surface area contributed by atoms with Gasteiger partial charge in [-0.05, 0) is 57.7 Å². The molecule has 138 valence electrons. The molecule has 0 fully saturated rings. The van der Waals surface area contributed by atoms with Crippen LogP contribution >= 0.6 is 15.9 Å². The number of halogens is 2. The van der Waals surface area contributed by atoms with Crippen LogP contribution in [0.15, 0.2) is 40.9 Å². The van der Waals surface area contributed by atoms with E-state index in [-0.39, 0.29) is 23.4 Å². The van der Waals surface area contributed by atoms with Crippen molar-refractivity contribution in [1.82, 2.24) is 5.32 Å². The van der Waals surface area contributed by atoms with Crippen molar-refractivity contribution in [3.63, 3.8) is 0 Å². The summed E-state index contributed by atoms with van der Waals surface area (Å²) in [7, 11) is 0. The molecule has 26 heavy (non-hydrogen) atoms. The van der Waals surface area contributed by atoms with E-state index in [9.17, 15) is 9.18 Å². The van der Waals surface area contributed by atoms with Crippen LogP contribution in [0.5, 0.6) is 11.5 Å². The molecule has 2 aromatic rings. The Hall–Kier alpha value is -2.08. The van der Waals surface area contributed by atoms with Crippen LogP contribution in [-0.2, 0) is 0 Å². The Bertz CT molecular complexity index is 810. The van der Waals surface area contributed by atoms with Gasteiger partial charge in [0.25, 0.3) is 5.91 Å². The first-order valence-corrected chi connectivity index (χ1v) is 9.40. The van der Waals surface area contributed by atoms with Crippen LogP contribution in [0.1, 0.15) is 42.2 Å². The number of hydrogen-bond acceptors (Lipinski definition) is 3. The Morgan fingerprint density at radius 3 is 2.58 bits per heavy atom. The quantitative estimate of drug-likeness (QED) is 0.765. The van der Waals surface area contributed by atoms with E-state index in [0.717, 1.165) is 12.0 Å². The summed E-state index contributed by atoms with van der Waals surface area (Å²) in [5.41, 5.74) is 1.19. The zero-order valence-corrected chi connectivity index (χ0v) is 16.3. The minimum Gasteiger partial charge on any atom is -0.490 e. The van der Waals surface area contributed by atoms with Gasteiger partial charge in [-0.15, -0.1) is 0 Å². The average Bonchev–Trinajstić information content (AvgIpc) is 2.86. The predicted octanol–water partition coefficient (Wildman–Crippen LogP) is 4.88. The second-order valence-electron chi connectivity index (χ2n) is 6.58. The summed E-state index contributed by atoms with van der Waals surface area (Å²) in [5, 5.41) is 3.01. The summed E-state index contributed by atoms with van der Waals surface area (Å²) in [6.07, 6.45) is 0.835. The number of carbonyl (C=O) groups excluding carboxylic acids is 1. The van der Waals surface area contributed by atoms with E-state index in [2.05, 4.69) is 21.2 Å². The van der Waals surface area contributed by atoms with Crippen molar-refractivity contribution in [1.29, 1.82) is 0 Å². The van der Waals surface area contributed by atoms with Gasteiger partial charge in [-0.1, -0.05) is 19.9 Å². The van der Waals surface area contributed by atoms with Gasteiger partial charge in [0.05, 0.1) is 24.8 Å². The van der Waals surface area contributed by atoms with E-state index in [0.29, 0.717) is 29.2 Å². The normalized spacial score (nSPS) is 14.7. The first-order chi connectivity index (χ1) is 12.5. The summed E-state index contributed by atoms with van der Waals surface area (Å²) in [6, 6.07) is 9.54. The second-order valence-corrected chi connectivity index (χ2v) is 7.43. The smallest absolute Gasteiger partial charge is 0.253 e. The van der Waals surface area contributed by atoms with Gasteiger partial charge in [-0.25, -0.2) is 4.39 Å². The fourth-order valence-corrected chi connectivity index (χ4v) is 3.33. The Balaban J connectivity index is 1.87. The van der Waals surface area contributed by atoms with E-state index in [1.54, 1.807) is 0 Å². The number of nitrogens with one attached hydrogen (secondary N) is 1. The molecule has 1 aliphatic heterocycles. The first kappa shape index (κ1) is 18.7. The van der Waals surface area contributed by atoms with Crippen molar-refractivity contribution < 1.29 is 18.7 Å². The highest BCUT2D eigenvalue weighted by Gasteiger charge is 2.22. The third-order valence-electron chi connectivity index (χ3n) is 4.26. The highest BCUT2D eigenvalue weighted by Crippen LogP contribution is 2.34. The molecule has 1 N–H and O–H groups in total. The van der Waals surface area contributed by atoms with E-state index >= 15 is 0 Å².